The number of nitrogens with one attached hydrogen (secondary N) is 2. The molecule has 0 aliphatic rings. The van der Waals surface area contributed by atoms with Gasteiger partial charge in [-0.25, -0.2) is 4.79 Å². The average molecular weight is 169 g/mol. The van der Waals surface area contributed by atoms with Crippen LogP contribution in [0.1, 0.15) is 6.92 Å². The highest BCUT2D eigenvalue weighted by atomic mass is 16.2. The van der Waals surface area contributed by atoms with E-state index in [4.69, 9.17) is 5.73 Å². The van der Waals surface area contributed by atoms with Gasteiger partial charge in [0.05, 0.1) is 0 Å². The van der Waals surface area contributed by atoms with Crippen molar-refractivity contribution in [2.24, 2.45) is 5.73 Å². The second-order valence-corrected chi connectivity index (χ2v) is 1.92. The molecule has 66 valence electrons. The predicted molar refractivity (Wildman–Crippen MR) is 44.0 cm³/mol. The highest BCUT2D eigenvalue weighted by Gasteiger charge is 1.93. The van der Waals surface area contributed by atoms with Crippen molar-refractivity contribution < 1.29 is 9.59 Å². The molecule has 0 saturated heterocycles. The second kappa shape index (κ2) is 6.04. The lowest BCUT2D eigenvalue weighted by atomic mass is 10.5. The van der Waals surface area contributed by atoms with Crippen LogP contribution in [0.25, 0.3) is 0 Å². The molecule has 12 heavy (non-hydrogen) atoms. The lowest BCUT2D eigenvalue weighted by Crippen LogP contribution is -2.36. The standard InChI is InChI=1S/C7H11N3O2/c1-2-3-6(11)9-4-5-10-7(8)12/h4-5H2,1H3,(H,9,11)(H3,8,10,12). The van der Waals surface area contributed by atoms with Crippen LogP contribution in [-0.4, -0.2) is 25.0 Å². The lowest BCUT2D eigenvalue weighted by Gasteiger charge is -2.00. The van der Waals surface area contributed by atoms with E-state index in [2.05, 4.69) is 22.5 Å². The molecule has 0 aromatic rings. The molecule has 5 nitrogen and oxygen atoms in total. The van der Waals surface area contributed by atoms with Crippen molar-refractivity contribution in [2.75, 3.05) is 13.1 Å². The topological polar surface area (TPSA) is 84.2 Å². The van der Waals surface area contributed by atoms with Crippen molar-refractivity contribution in [3.05, 3.63) is 0 Å². The molecule has 0 atom stereocenters. The van der Waals surface area contributed by atoms with E-state index in [1.807, 2.05) is 0 Å². The summed E-state index contributed by atoms with van der Waals surface area (Å²) in [5.74, 6) is 4.38. The molecule has 0 aromatic carbocycles. The van der Waals surface area contributed by atoms with Gasteiger partial charge in [-0.2, -0.15) is 0 Å². The summed E-state index contributed by atoms with van der Waals surface area (Å²) in [5, 5.41) is 4.78. The molecule has 0 saturated carbocycles. The molecule has 0 fully saturated rings. The zero-order valence-electron chi connectivity index (χ0n) is 6.81. The van der Waals surface area contributed by atoms with Gasteiger partial charge in [0.1, 0.15) is 0 Å². The Balaban J connectivity index is 3.36. The Hall–Kier alpha value is -1.70. The first-order chi connectivity index (χ1) is 5.66. The highest BCUT2D eigenvalue weighted by Crippen LogP contribution is 1.62. The van der Waals surface area contributed by atoms with Crippen molar-refractivity contribution >= 4 is 11.9 Å². The van der Waals surface area contributed by atoms with Crippen LogP contribution in [0.2, 0.25) is 0 Å². The van der Waals surface area contributed by atoms with Crippen LogP contribution in [-0.2, 0) is 4.79 Å². The van der Waals surface area contributed by atoms with Crippen molar-refractivity contribution in [3.63, 3.8) is 0 Å². The molecule has 0 radical (unpaired) electrons. The van der Waals surface area contributed by atoms with Crippen LogP contribution in [0.3, 0.4) is 0 Å². The highest BCUT2D eigenvalue weighted by molar-refractivity contribution is 5.93. The molecule has 0 aromatic heterocycles. The summed E-state index contributed by atoms with van der Waals surface area (Å²) in [7, 11) is 0. The van der Waals surface area contributed by atoms with E-state index in [9.17, 15) is 9.59 Å². The van der Waals surface area contributed by atoms with Crippen LogP contribution in [0.5, 0.6) is 0 Å². The Morgan fingerprint density at radius 2 is 1.92 bits per heavy atom. The van der Waals surface area contributed by atoms with E-state index in [0.717, 1.165) is 0 Å². The van der Waals surface area contributed by atoms with Gasteiger partial charge >= 0.3 is 6.03 Å². The summed E-state index contributed by atoms with van der Waals surface area (Å²) in [6, 6.07) is -0.606. The normalized spacial score (nSPS) is 7.75. The fraction of sp³-hybridized carbons (Fsp3) is 0.429. The predicted octanol–water partition coefficient (Wildman–Crippen LogP) is -1.21. The smallest absolute Gasteiger partial charge is 0.312 e. The quantitative estimate of drug-likeness (QED) is 0.366. The van der Waals surface area contributed by atoms with E-state index < -0.39 is 6.03 Å². The SMILES string of the molecule is CC#CC(=O)NCCNC(N)=O. The number of carbonyl (C=O) groups excluding carboxylic acids is 2. The maximum absolute atomic E-state index is 10.7. The number of nitrogens with two attached hydrogens (primary N) is 1. The van der Waals surface area contributed by atoms with Gasteiger partial charge in [0.25, 0.3) is 5.91 Å². The molecule has 0 bridgehead atoms. The Morgan fingerprint density at radius 1 is 1.33 bits per heavy atom. The number of primary amides is 1. The molecule has 4 N–H and O–H groups in total. The fourth-order valence-electron chi connectivity index (χ4n) is 0.519. The van der Waals surface area contributed by atoms with Gasteiger partial charge in [0.2, 0.25) is 0 Å². The van der Waals surface area contributed by atoms with E-state index in [1.165, 1.54) is 0 Å². The third-order valence-corrected chi connectivity index (χ3v) is 0.948. The molecule has 0 aliphatic heterocycles. The first-order valence-corrected chi connectivity index (χ1v) is 3.40. The average Bonchev–Trinajstić information content (AvgIpc) is 1.98. The van der Waals surface area contributed by atoms with Crippen molar-refractivity contribution in [3.8, 4) is 11.8 Å². The Kier molecular flexibility index (Phi) is 5.18. The second-order valence-electron chi connectivity index (χ2n) is 1.92. The van der Waals surface area contributed by atoms with Gasteiger partial charge in [-0.05, 0) is 12.8 Å². The Morgan fingerprint density at radius 3 is 2.42 bits per heavy atom. The summed E-state index contributed by atoms with van der Waals surface area (Å²) < 4.78 is 0. The maximum Gasteiger partial charge on any atom is 0.312 e. The molecule has 0 aliphatic carbocycles. The van der Waals surface area contributed by atoms with Crippen LogP contribution in [0.4, 0.5) is 4.79 Å². The Labute approximate surface area is 70.7 Å². The fourth-order valence-corrected chi connectivity index (χ4v) is 0.519. The maximum atomic E-state index is 10.7. The van der Waals surface area contributed by atoms with Crippen LogP contribution < -0.4 is 16.4 Å². The number of hydrogen-bond acceptors (Lipinski definition) is 2. The molecule has 3 amide bonds. The molecular formula is C7H11N3O2. The molecule has 0 heterocycles. The van der Waals surface area contributed by atoms with Crippen LogP contribution >= 0.6 is 0 Å². The lowest BCUT2D eigenvalue weighted by molar-refractivity contribution is -0.115. The summed E-state index contributed by atoms with van der Waals surface area (Å²) in [6.07, 6.45) is 0. The third kappa shape index (κ3) is 6.42. The Bertz CT molecular complexity index is 227. The number of amides is 3. The van der Waals surface area contributed by atoms with Gasteiger partial charge in [0, 0.05) is 13.1 Å². The first kappa shape index (κ1) is 10.3. The van der Waals surface area contributed by atoms with Crippen molar-refractivity contribution in [1.29, 1.82) is 0 Å². The third-order valence-electron chi connectivity index (χ3n) is 0.948. The van der Waals surface area contributed by atoms with Crippen molar-refractivity contribution in [2.45, 2.75) is 6.92 Å². The number of rotatable bonds is 3. The monoisotopic (exact) mass is 169 g/mol. The largest absolute Gasteiger partial charge is 0.352 e. The summed E-state index contributed by atoms with van der Waals surface area (Å²) >= 11 is 0. The molecule has 0 spiro atoms. The number of urea groups is 1. The molecular weight excluding hydrogens is 158 g/mol. The molecule has 0 rings (SSSR count). The van der Waals surface area contributed by atoms with E-state index in [0.29, 0.717) is 13.1 Å². The van der Waals surface area contributed by atoms with Gasteiger partial charge in [0.15, 0.2) is 0 Å². The zero-order chi connectivity index (χ0) is 9.40. The van der Waals surface area contributed by atoms with Gasteiger partial charge in [-0.1, -0.05) is 5.92 Å². The van der Waals surface area contributed by atoms with Gasteiger partial charge < -0.3 is 16.4 Å². The summed E-state index contributed by atoms with van der Waals surface area (Å²) in [4.78, 5) is 20.8. The van der Waals surface area contributed by atoms with Crippen molar-refractivity contribution in [1.82, 2.24) is 10.6 Å². The van der Waals surface area contributed by atoms with Gasteiger partial charge in [-0.3, -0.25) is 4.79 Å². The van der Waals surface area contributed by atoms with Crippen LogP contribution in [0.15, 0.2) is 0 Å². The van der Waals surface area contributed by atoms with Gasteiger partial charge in [-0.15, -0.1) is 0 Å². The summed E-state index contributed by atoms with van der Waals surface area (Å²) in [5.41, 5.74) is 4.78. The zero-order valence-corrected chi connectivity index (χ0v) is 6.81. The molecule has 0 unspecified atom stereocenters. The summed E-state index contributed by atoms with van der Waals surface area (Å²) in [6.45, 7) is 2.21. The minimum atomic E-state index is -0.606. The molecule has 5 heteroatoms. The van der Waals surface area contributed by atoms with E-state index in [1.54, 1.807) is 6.92 Å². The number of carbonyl (C=O) groups is 2. The minimum Gasteiger partial charge on any atom is -0.352 e. The number of hydrogen-bond donors (Lipinski definition) is 3. The van der Waals surface area contributed by atoms with Crippen LogP contribution in [0, 0.1) is 11.8 Å². The van der Waals surface area contributed by atoms with E-state index in [-0.39, 0.29) is 5.91 Å². The minimum absolute atomic E-state index is 0.312. The first-order valence-electron chi connectivity index (χ1n) is 3.40. The van der Waals surface area contributed by atoms with E-state index >= 15 is 0 Å².